The Hall–Kier alpha value is -1.35. The van der Waals surface area contributed by atoms with E-state index in [0.29, 0.717) is 12.0 Å². The quantitative estimate of drug-likeness (QED) is 0.798. The van der Waals surface area contributed by atoms with Crippen LogP contribution in [0.2, 0.25) is 0 Å². The standard InChI is InChI=1S/C13H17NO2/c1-2-9-8-11(9)14-12(13(15)16)10-6-4-3-5-7-10/h3-7,9,11-12,14H,2,8H2,1H3,(H,15,16). The fourth-order valence-corrected chi connectivity index (χ4v) is 2.07. The Balaban J connectivity index is 2.04. The van der Waals surface area contributed by atoms with E-state index < -0.39 is 12.0 Å². The van der Waals surface area contributed by atoms with E-state index in [1.165, 1.54) is 0 Å². The number of benzene rings is 1. The van der Waals surface area contributed by atoms with Crippen molar-refractivity contribution in [1.29, 1.82) is 0 Å². The van der Waals surface area contributed by atoms with Gasteiger partial charge >= 0.3 is 5.97 Å². The maximum atomic E-state index is 11.2. The van der Waals surface area contributed by atoms with E-state index in [2.05, 4.69) is 12.2 Å². The van der Waals surface area contributed by atoms with Crippen molar-refractivity contribution in [3.8, 4) is 0 Å². The van der Waals surface area contributed by atoms with Gasteiger partial charge in [0, 0.05) is 6.04 Å². The zero-order valence-electron chi connectivity index (χ0n) is 9.39. The first kappa shape index (κ1) is 11.1. The van der Waals surface area contributed by atoms with E-state index in [-0.39, 0.29) is 0 Å². The van der Waals surface area contributed by atoms with E-state index in [9.17, 15) is 9.90 Å². The highest BCUT2D eigenvalue weighted by Crippen LogP contribution is 2.35. The Morgan fingerprint density at radius 3 is 2.69 bits per heavy atom. The van der Waals surface area contributed by atoms with Gasteiger partial charge in [0.1, 0.15) is 6.04 Å². The lowest BCUT2D eigenvalue weighted by molar-refractivity contribution is -0.139. The molecule has 1 aromatic rings. The van der Waals surface area contributed by atoms with E-state index in [0.717, 1.165) is 18.4 Å². The summed E-state index contributed by atoms with van der Waals surface area (Å²) in [6, 6.07) is 9.17. The Labute approximate surface area is 95.5 Å². The zero-order chi connectivity index (χ0) is 11.5. The fourth-order valence-electron chi connectivity index (χ4n) is 2.07. The molecule has 3 heteroatoms. The number of rotatable bonds is 5. The van der Waals surface area contributed by atoms with Crippen LogP contribution in [-0.2, 0) is 4.79 Å². The van der Waals surface area contributed by atoms with Gasteiger partial charge in [0.25, 0.3) is 0 Å². The van der Waals surface area contributed by atoms with Crippen molar-refractivity contribution in [2.75, 3.05) is 0 Å². The van der Waals surface area contributed by atoms with Gasteiger partial charge in [-0.15, -0.1) is 0 Å². The molecule has 1 aromatic carbocycles. The third-order valence-electron chi connectivity index (χ3n) is 3.21. The zero-order valence-corrected chi connectivity index (χ0v) is 9.39. The summed E-state index contributed by atoms with van der Waals surface area (Å²) in [6.45, 7) is 2.14. The van der Waals surface area contributed by atoms with E-state index in [1.807, 2.05) is 30.3 Å². The average Bonchev–Trinajstić information content (AvgIpc) is 3.05. The van der Waals surface area contributed by atoms with Gasteiger partial charge in [-0.05, 0) is 17.9 Å². The van der Waals surface area contributed by atoms with Gasteiger partial charge in [-0.1, -0.05) is 43.7 Å². The summed E-state index contributed by atoms with van der Waals surface area (Å²) in [5.74, 6) is -0.140. The van der Waals surface area contributed by atoms with Gasteiger partial charge in [-0.25, -0.2) is 0 Å². The summed E-state index contributed by atoms with van der Waals surface area (Å²) in [7, 11) is 0. The van der Waals surface area contributed by atoms with E-state index >= 15 is 0 Å². The van der Waals surface area contributed by atoms with Gasteiger partial charge in [-0.2, -0.15) is 0 Å². The summed E-state index contributed by atoms with van der Waals surface area (Å²) < 4.78 is 0. The molecule has 0 aromatic heterocycles. The van der Waals surface area contributed by atoms with Crippen LogP contribution in [0.1, 0.15) is 31.4 Å². The number of carbonyl (C=O) groups is 1. The van der Waals surface area contributed by atoms with Gasteiger partial charge in [0.2, 0.25) is 0 Å². The molecular weight excluding hydrogens is 202 g/mol. The molecule has 86 valence electrons. The van der Waals surface area contributed by atoms with Gasteiger partial charge in [-0.3, -0.25) is 10.1 Å². The molecular formula is C13H17NO2. The third-order valence-corrected chi connectivity index (χ3v) is 3.21. The van der Waals surface area contributed by atoms with Crippen LogP contribution in [0.25, 0.3) is 0 Å². The van der Waals surface area contributed by atoms with Crippen LogP contribution in [0.3, 0.4) is 0 Å². The van der Waals surface area contributed by atoms with Crippen molar-refractivity contribution in [2.24, 2.45) is 5.92 Å². The predicted octanol–water partition coefficient (Wildman–Crippen LogP) is 2.20. The average molecular weight is 219 g/mol. The first-order valence-electron chi connectivity index (χ1n) is 5.76. The predicted molar refractivity (Wildman–Crippen MR) is 62.1 cm³/mol. The molecule has 1 aliphatic carbocycles. The number of hydrogen-bond donors (Lipinski definition) is 2. The summed E-state index contributed by atoms with van der Waals surface area (Å²) >= 11 is 0. The lowest BCUT2D eigenvalue weighted by Crippen LogP contribution is -2.31. The second kappa shape index (κ2) is 4.66. The number of nitrogens with one attached hydrogen (secondary N) is 1. The first-order valence-corrected chi connectivity index (χ1v) is 5.76. The molecule has 2 rings (SSSR count). The van der Waals surface area contributed by atoms with Gasteiger partial charge in [0.15, 0.2) is 0 Å². The Kier molecular flexibility index (Phi) is 3.25. The van der Waals surface area contributed by atoms with Crippen LogP contribution < -0.4 is 5.32 Å². The minimum absolute atomic E-state index is 0.381. The van der Waals surface area contributed by atoms with Crippen LogP contribution in [0.5, 0.6) is 0 Å². The molecule has 0 bridgehead atoms. The van der Waals surface area contributed by atoms with Crippen molar-refractivity contribution in [3.63, 3.8) is 0 Å². The maximum Gasteiger partial charge on any atom is 0.325 e. The summed E-state index contributed by atoms with van der Waals surface area (Å²) in [6.07, 6.45) is 2.23. The number of aliphatic carboxylic acids is 1. The monoisotopic (exact) mass is 219 g/mol. The lowest BCUT2D eigenvalue weighted by Gasteiger charge is -2.14. The van der Waals surface area contributed by atoms with Crippen molar-refractivity contribution in [2.45, 2.75) is 31.8 Å². The molecule has 0 heterocycles. The molecule has 0 radical (unpaired) electrons. The second-order valence-corrected chi connectivity index (χ2v) is 4.36. The van der Waals surface area contributed by atoms with E-state index in [4.69, 9.17) is 0 Å². The minimum atomic E-state index is -0.798. The molecule has 1 aliphatic rings. The topological polar surface area (TPSA) is 49.3 Å². The molecule has 16 heavy (non-hydrogen) atoms. The maximum absolute atomic E-state index is 11.2. The molecule has 1 saturated carbocycles. The molecule has 0 saturated heterocycles. The van der Waals surface area contributed by atoms with Crippen LogP contribution in [0.4, 0.5) is 0 Å². The Bertz CT molecular complexity index is 363. The Morgan fingerprint density at radius 2 is 2.19 bits per heavy atom. The van der Waals surface area contributed by atoms with Crippen molar-refractivity contribution in [1.82, 2.24) is 5.32 Å². The summed E-state index contributed by atoms with van der Waals surface area (Å²) in [5, 5.41) is 12.4. The van der Waals surface area contributed by atoms with Crippen molar-refractivity contribution >= 4 is 5.97 Å². The highest BCUT2D eigenvalue weighted by molar-refractivity contribution is 5.75. The van der Waals surface area contributed by atoms with Crippen LogP contribution in [-0.4, -0.2) is 17.1 Å². The SMILES string of the molecule is CCC1CC1NC(C(=O)O)c1ccccc1. The Morgan fingerprint density at radius 1 is 1.50 bits per heavy atom. The molecule has 1 fully saturated rings. The highest BCUT2D eigenvalue weighted by Gasteiger charge is 2.38. The first-order chi connectivity index (χ1) is 7.72. The van der Waals surface area contributed by atoms with Crippen molar-refractivity contribution < 1.29 is 9.90 Å². The number of hydrogen-bond acceptors (Lipinski definition) is 2. The smallest absolute Gasteiger partial charge is 0.325 e. The van der Waals surface area contributed by atoms with Gasteiger partial charge < -0.3 is 5.11 Å². The number of carboxylic acids is 1. The molecule has 3 atom stereocenters. The minimum Gasteiger partial charge on any atom is -0.480 e. The summed E-state index contributed by atoms with van der Waals surface area (Å²) in [4.78, 5) is 11.2. The normalized spacial score (nSPS) is 25.1. The van der Waals surface area contributed by atoms with Crippen LogP contribution in [0.15, 0.2) is 30.3 Å². The van der Waals surface area contributed by atoms with E-state index in [1.54, 1.807) is 0 Å². The molecule has 0 amide bonds. The highest BCUT2D eigenvalue weighted by atomic mass is 16.4. The molecule has 2 N–H and O–H groups in total. The molecule has 3 nitrogen and oxygen atoms in total. The third kappa shape index (κ3) is 2.42. The van der Waals surface area contributed by atoms with Crippen molar-refractivity contribution in [3.05, 3.63) is 35.9 Å². The van der Waals surface area contributed by atoms with Gasteiger partial charge in [0.05, 0.1) is 0 Å². The fraction of sp³-hybridized carbons (Fsp3) is 0.462. The second-order valence-electron chi connectivity index (χ2n) is 4.36. The number of carboxylic acid groups (broad SMARTS) is 1. The lowest BCUT2D eigenvalue weighted by atomic mass is 10.1. The molecule has 0 aliphatic heterocycles. The molecule has 3 unspecified atom stereocenters. The van der Waals surface area contributed by atoms with Crippen LogP contribution >= 0.6 is 0 Å². The van der Waals surface area contributed by atoms with Crippen LogP contribution in [0, 0.1) is 5.92 Å². The summed E-state index contributed by atoms with van der Waals surface area (Å²) in [5.41, 5.74) is 0.830. The largest absolute Gasteiger partial charge is 0.480 e. The molecule has 0 spiro atoms.